The predicted octanol–water partition coefficient (Wildman–Crippen LogP) is 3.06. The molecule has 2 bridgehead atoms. The van der Waals surface area contributed by atoms with Crippen molar-refractivity contribution in [1.82, 2.24) is 10.2 Å². The third kappa shape index (κ3) is 3.11. The van der Waals surface area contributed by atoms with E-state index in [1.165, 1.54) is 23.5 Å². The van der Waals surface area contributed by atoms with Crippen molar-refractivity contribution < 1.29 is 9.72 Å². The van der Waals surface area contributed by atoms with Crippen LogP contribution in [0.25, 0.3) is 10.1 Å². The van der Waals surface area contributed by atoms with Gasteiger partial charge in [-0.1, -0.05) is 0 Å². The molecule has 3 saturated heterocycles. The van der Waals surface area contributed by atoms with E-state index in [4.69, 9.17) is 0 Å². The number of rotatable bonds is 3. The van der Waals surface area contributed by atoms with Crippen molar-refractivity contribution in [2.24, 2.45) is 5.92 Å². The zero-order valence-electron chi connectivity index (χ0n) is 12.9. The van der Waals surface area contributed by atoms with Gasteiger partial charge in [0, 0.05) is 34.8 Å². The number of nitrogens with zero attached hydrogens (tertiary/aromatic N) is 2. The number of amides is 1. The molecule has 8 heteroatoms. The van der Waals surface area contributed by atoms with E-state index in [2.05, 4.69) is 10.2 Å². The predicted molar refractivity (Wildman–Crippen MR) is 96.1 cm³/mol. The molecule has 1 unspecified atom stereocenters. The highest BCUT2D eigenvalue weighted by atomic mass is 35.5. The lowest BCUT2D eigenvalue weighted by molar-refractivity contribution is -0.384. The third-order valence-corrected chi connectivity index (χ3v) is 6.02. The molecule has 1 N–H and O–H groups in total. The Kier molecular flexibility index (Phi) is 4.76. The van der Waals surface area contributed by atoms with Gasteiger partial charge in [0.15, 0.2) is 0 Å². The van der Waals surface area contributed by atoms with Crippen molar-refractivity contribution in [2.75, 3.05) is 19.6 Å². The summed E-state index contributed by atoms with van der Waals surface area (Å²) in [6, 6.07) is 6.70. The molecule has 5 rings (SSSR count). The largest absolute Gasteiger partial charge is 0.347 e. The van der Waals surface area contributed by atoms with Gasteiger partial charge in [0.05, 0.1) is 9.80 Å². The van der Waals surface area contributed by atoms with Gasteiger partial charge in [-0.3, -0.25) is 14.9 Å². The van der Waals surface area contributed by atoms with Crippen LogP contribution in [0, 0.1) is 16.0 Å². The van der Waals surface area contributed by atoms with Crippen LogP contribution in [0.5, 0.6) is 0 Å². The summed E-state index contributed by atoms with van der Waals surface area (Å²) in [5.41, 5.74) is 0.0552. The fourth-order valence-electron chi connectivity index (χ4n) is 3.62. The number of nitrogens with one attached hydrogen (secondary N) is 1. The Balaban J connectivity index is 0.00000169. The Hall–Kier alpha value is -1.70. The van der Waals surface area contributed by atoms with Crippen LogP contribution in [-0.4, -0.2) is 41.4 Å². The first-order valence-electron chi connectivity index (χ1n) is 7.81. The lowest BCUT2D eigenvalue weighted by Gasteiger charge is -2.44. The number of benzene rings is 1. The smallest absolute Gasteiger partial charge is 0.270 e. The monoisotopic (exact) mass is 367 g/mol. The molecular weight excluding hydrogens is 350 g/mol. The lowest BCUT2D eigenvalue weighted by Crippen LogP contribution is -2.57. The average Bonchev–Trinajstić information content (AvgIpc) is 2.99. The minimum absolute atomic E-state index is 0. The summed E-state index contributed by atoms with van der Waals surface area (Å²) in [4.78, 5) is 26.0. The Labute approximate surface area is 149 Å². The van der Waals surface area contributed by atoms with Gasteiger partial charge in [0.1, 0.15) is 0 Å². The highest BCUT2D eigenvalue weighted by Gasteiger charge is 2.35. The number of non-ortho nitro benzene ring substituents is 1. The number of nitro benzene ring substituents is 1. The van der Waals surface area contributed by atoms with Crippen molar-refractivity contribution >= 4 is 45.4 Å². The first kappa shape index (κ1) is 17.1. The number of hydrogen-bond acceptors (Lipinski definition) is 5. The van der Waals surface area contributed by atoms with Gasteiger partial charge < -0.3 is 10.2 Å². The van der Waals surface area contributed by atoms with Crippen LogP contribution < -0.4 is 5.32 Å². The van der Waals surface area contributed by atoms with Crippen molar-refractivity contribution in [3.05, 3.63) is 39.3 Å². The zero-order valence-corrected chi connectivity index (χ0v) is 14.6. The van der Waals surface area contributed by atoms with Gasteiger partial charge >= 0.3 is 0 Å². The van der Waals surface area contributed by atoms with Crippen LogP contribution in [0.15, 0.2) is 24.3 Å². The van der Waals surface area contributed by atoms with Crippen molar-refractivity contribution in [3.63, 3.8) is 0 Å². The van der Waals surface area contributed by atoms with E-state index < -0.39 is 4.92 Å². The molecular formula is C16H18ClN3O3S. The summed E-state index contributed by atoms with van der Waals surface area (Å²) in [5.74, 6) is 0.520. The Morgan fingerprint density at radius 3 is 2.67 bits per heavy atom. The van der Waals surface area contributed by atoms with Crippen LogP contribution in [0.3, 0.4) is 0 Å². The van der Waals surface area contributed by atoms with E-state index in [1.54, 1.807) is 12.1 Å². The Morgan fingerprint density at radius 1 is 1.29 bits per heavy atom. The van der Waals surface area contributed by atoms with E-state index in [9.17, 15) is 14.9 Å². The average molecular weight is 368 g/mol. The molecule has 4 heterocycles. The molecule has 24 heavy (non-hydrogen) atoms. The number of halogens is 1. The molecule has 0 radical (unpaired) electrons. The first-order chi connectivity index (χ1) is 11.1. The second-order valence-corrected chi connectivity index (χ2v) is 7.39. The molecule has 128 valence electrons. The van der Waals surface area contributed by atoms with E-state index in [0.717, 1.165) is 42.6 Å². The minimum atomic E-state index is -0.413. The van der Waals surface area contributed by atoms with Gasteiger partial charge in [-0.2, -0.15) is 0 Å². The summed E-state index contributed by atoms with van der Waals surface area (Å²) in [5, 5.41) is 14.8. The number of carbonyl (C=O) groups excluding carboxylic acids is 1. The summed E-state index contributed by atoms with van der Waals surface area (Å²) < 4.78 is 0.898. The highest BCUT2D eigenvalue weighted by molar-refractivity contribution is 7.20. The van der Waals surface area contributed by atoms with Crippen LogP contribution >= 0.6 is 23.7 Å². The van der Waals surface area contributed by atoms with E-state index in [1.807, 2.05) is 0 Å². The molecule has 3 aliphatic heterocycles. The van der Waals surface area contributed by atoms with Gasteiger partial charge in [-0.25, -0.2) is 0 Å². The number of carbonyl (C=O) groups is 1. The Bertz CT molecular complexity index is 786. The number of hydrogen-bond donors (Lipinski definition) is 1. The number of piperidine rings is 3. The third-order valence-electron chi connectivity index (χ3n) is 4.91. The van der Waals surface area contributed by atoms with E-state index >= 15 is 0 Å². The number of fused-ring (bicyclic) bond motifs is 4. The molecule has 0 spiro atoms. The summed E-state index contributed by atoms with van der Waals surface area (Å²) in [6.45, 7) is 3.22. The fraction of sp³-hybridized carbons (Fsp3) is 0.438. The maximum Gasteiger partial charge on any atom is 0.270 e. The van der Waals surface area contributed by atoms with Crippen LogP contribution in [-0.2, 0) is 0 Å². The molecule has 0 aliphatic carbocycles. The molecule has 3 aliphatic rings. The molecule has 6 nitrogen and oxygen atoms in total. The van der Waals surface area contributed by atoms with E-state index in [-0.39, 0.29) is 30.0 Å². The van der Waals surface area contributed by atoms with Crippen LogP contribution in [0.2, 0.25) is 0 Å². The van der Waals surface area contributed by atoms with Crippen molar-refractivity contribution in [3.8, 4) is 0 Å². The summed E-state index contributed by atoms with van der Waals surface area (Å²) >= 11 is 1.39. The lowest BCUT2D eigenvalue weighted by atomic mass is 9.84. The van der Waals surface area contributed by atoms with Gasteiger partial charge in [-0.05, 0) is 44.0 Å². The zero-order chi connectivity index (χ0) is 16.0. The maximum atomic E-state index is 12.5. The molecule has 3 fully saturated rings. The molecule has 1 aromatic carbocycles. The molecule has 2 aromatic rings. The van der Waals surface area contributed by atoms with E-state index in [0.29, 0.717) is 10.8 Å². The number of nitro groups is 1. The van der Waals surface area contributed by atoms with Gasteiger partial charge in [0.2, 0.25) is 0 Å². The van der Waals surface area contributed by atoms with Crippen molar-refractivity contribution in [2.45, 2.75) is 18.9 Å². The SMILES string of the molecule is Cl.O=C(NC1CN2CCC1CC2)c1cc2cc([N+](=O)[O-])ccc2s1. The molecule has 0 saturated carbocycles. The molecule has 1 amide bonds. The Morgan fingerprint density at radius 2 is 2.04 bits per heavy atom. The van der Waals surface area contributed by atoms with Crippen LogP contribution in [0.4, 0.5) is 5.69 Å². The van der Waals surface area contributed by atoms with Crippen molar-refractivity contribution in [1.29, 1.82) is 0 Å². The normalized spacial score (nSPS) is 25.2. The topological polar surface area (TPSA) is 75.5 Å². The first-order valence-corrected chi connectivity index (χ1v) is 8.63. The fourth-order valence-corrected chi connectivity index (χ4v) is 4.57. The van der Waals surface area contributed by atoms with Gasteiger partial charge in [-0.15, -0.1) is 23.7 Å². The molecule has 1 atom stereocenters. The quantitative estimate of drug-likeness (QED) is 0.668. The second-order valence-electron chi connectivity index (χ2n) is 6.31. The molecule has 1 aromatic heterocycles. The second kappa shape index (κ2) is 6.66. The highest BCUT2D eigenvalue weighted by Crippen LogP contribution is 2.30. The number of thiophene rings is 1. The van der Waals surface area contributed by atoms with Gasteiger partial charge in [0.25, 0.3) is 11.6 Å². The summed E-state index contributed by atoms with van der Waals surface area (Å²) in [6.07, 6.45) is 2.31. The minimum Gasteiger partial charge on any atom is -0.347 e. The summed E-state index contributed by atoms with van der Waals surface area (Å²) in [7, 11) is 0. The maximum absolute atomic E-state index is 12.5. The van der Waals surface area contributed by atoms with Crippen LogP contribution in [0.1, 0.15) is 22.5 Å². The standard InChI is InChI=1S/C16H17N3O3S.ClH/c20-16(17-13-9-18-5-3-10(13)4-6-18)15-8-11-7-12(19(21)22)1-2-14(11)23-15;/h1-2,7-8,10,13H,3-6,9H2,(H,17,20);1H.